The van der Waals surface area contributed by atoms with E-state index >= 15 is 0 Å². The number of rotatable bonds is 9. The van der Waals surface area contributed by atoms with Crippen molar-refractivity contribution >= 4 is 11.3 Å². The molecular weight excluding hydrogens is 370 g/mol. The van der Waals surface area contributed by atoms with E-state index in [-0.39, 0.29) is 5.92 Å². The summed E-state index contributed by atoms with van der Waals surface area (Å²) in [6, 6.07) is 6.06. The molecule has 7 heteroatoms. The molecule has 0 aliphatic rings. The normalized spacial score (nSPS) is 11.5. The molecule has 0 radical (unpaired) electrons. The molecule has 2 heterocycles. The van der Waals surface area contributed by atoms with Gasteiger partial charge in [-0.15, -0.1) is 26.3 Å². The number of unbranched alkanes of at least 4 members (excludes halogenated alkanes) is 1. The van der Waals surface area contributed by atoms with E-state index in [9.17, 15) is 0 Å². The first-order valence-electron chi connectivity index (χ1n) is 9.89. The highest BCUT2D eigenvalue weighted by atomic mass is 32.1. The molecule has 1 aromatic carbocycles. The van der Waals surface area contributed by atoms with Crippen molar-refractivity contribution < 1.29 is 4.74 Å². The van der Waals surface area contributed by atoms with E-state index in [1.807, 2.05) is 12.1 Å². The number of tetrazole rings is 1. The lowest BCUT2D eigenvalue weighted by Crippen LogP contribution is -2.02. The van der Waals surface area contributed by atoms with Crippen LogP contribution in [0.1, 0.15) is 74.5 Å². The minimum Gasteiger partial charge on any atom is -0.496 e. The van der Waals surface area contributed by atoms with Gasteiger partial charge >= 0.3 is 0 Å². The molecule has 0 fully saturated rings. The highest BCUT2D eigenvalue weighted by Crippen LogP contribution is 2.24. The number of nitrogens with zero attached hydrogens (tertiary/aromatic N) is 5. The van der Waals surface area contributed by atoms with E-state index in [4.69, 9.17) is 9.72 Å². The molecule has 0 amide bonds. The summed E-state index contributed by atoms with van der Waals surface area (Å²) in [4.78, 5) is 6.32. The first-order chi connectivity index (χ1) is 13.5. The molecule has 0 saturated carbocycles. The Kier molecular flexibility index (Phi) is 6.78. The number of hydrogen-bond donors (Lipinski definition) is 0. The zero-order valence-corrected chi connectivity index (χ0v) is 18.2. The van der Waals surface area contributed by atoms with Crippen LogP contribution in [0.25, 0.3) is 5.69 Å². The minimum absolute atomic E-state index is 0.258. The molecule has 0 unspecified atom stereocenters. The summed E-state index contributed by atoms with van der Waals surface area (Å²) in [5, 5.41) is 16.2. The molecule has 0 saturated heterocycles. The van der Waals surface area contributed by atoms with Gasteiger partial charge in [0.1, 0.15) is 5.75 Å². The van der Waals surface area contributed by atoms with Gasteiger partial charge in [-0.05, 0) is 54.7 Å². The van der Waals surface area contributed by atoms with Gasteiger partial charge in [-0.2, -0.15) is 0 Å². The van der Waals surface area contributed by atoms with E-state index in [1.54, 1.807) is 23.2 Å². The topological polar surface area (TPSA) is 65.7 Å². The maximum Gasteiger partial charge on any atom is 0.177 e. The van der Waals surface area contributed by atoms with Crippen LogP contribution in [0.5, 0.6) is 5.75 Å². The van der Waals surface area contributed by atoms with Crippen LogP contribution in [0.4, 0.5) is 0 Å². The molecule has 0 bridgehead atoms. The van der Waals surface area contributed by atoms with Gasteiger partial charge in [0.2, 0.25) is 0 Å². The Balaban J connectivity index is 1.63. The number of methoxy groups -OCH3 is 1. The van der Waals surface area contributed by atoms with E-state index in [1.165, 1.54) is 16.3 Å². The number of aryl methyl sites for hydroxylation is 2. The van der Waals surface area contributed by atoms with Crippen molar-refractivity contribution in [1.82, 2.24) is 25.2 Å². The van der Waals surface area contributed by atoms with Gasteiger partial charge in [0.05, 0.1) is 23.5 Å². The average molecular weight is 400 g/mol. The van der Waals surface area contributed by atoms with Gasteiger partial charge in [0.25, 0.3) is 0 Å². The Morgan fingerprint density at radius 2 is 1.86 bits per heavy atom. The van der Waals surface area contributed by atoms with Crippen LogP contribution in [0, 0.1) is 0 Å². The first kappa shape index (κ1) is 20.5. The van der Waals surface area contributed by atoms with Gasteiger partial charge in [0, 0.05) is 17.2 Å². The summed E-state index contributed by atoms with van der Waals surface area (Å²) in [6.45, 7) is 8.51. The third-order valence-electron chi connectivity index (χ3n) is 4.63. The van der Waals surface area contributed by atoms with E-state index in [2.05, 4.69) is 54.6 Å². The molecule has 150 valence electrons. The minimum atomic E-state index is 0.258. The van der Waals surface area contributed by atoms with Crippen LogP contribution in [0.3, 0.4) is 0 Å². The van der Waals surface area contributed by atoms with Crippen LogP contribution in [-0.4, -0.2) is 32.3 Å². The van der Waals surface area contributed by atoms with Crippen molar-refractivity contribution in [3.05, 3.63) is 45.7 Å². The Morgan fingerprint density at radius 1 is 1.07 bits per heavy atom. The Bertz CT molecular complexity index is 900. The zero-order valence-electron chi connectivity index (χ0n) is 17.3. The third-order valence-corrected chi connectivity index (χ3v) is 5.83. The lowest BCUT2D eigenvalue weighted by atomic mass is 10.0. The molecule has 0 aliphatic heterocycles. The van der Waals surface area contributed by atoms with Crippen molar-refractivity contribution in [1.29, 1.82) is 0 Å². The number of ether oxygens (including phenoxy) is 1. The van der Waals surface area contributed by atoms with Gasteiger partial charge < -0.3 is 4.74 Å². The fourth-order valence-corrected chi connectivity index (χ4v) is 3.84. The quantitative estimate of drug-likeness (QED) is 0.477. The molecule has 0 spiro atoms. The van der Waals surface area contributed by atoms with Crippen LogP contribution in [0.15, 0.2) is 23.6 Å². The Morgan fingerprint density at radius 3 is 2.50 bits per heavy atom. The predicted molar refractivity (Wildman–Crippen MR) is 113 cm³/mol. The molecule has 3 aromatic rings. The van der Waals surface area contributed by atoms with Crippen LogP contribution < -0.4 is 4.74 Å². The largest absolute Gasteiger partial charge is 0.496 e. The number of benzene rings is 1. The lowest BCUT2D eigenvalue weighted by Gasteiger charge is -2.10. The smallest absolute Gasteiger partial charge is 0.177 e. The molecule has 6 nitrogen and oxygen atoms in total. The van der Waals surface area contributed by atoms with Crippen molar-refractivity contribution in [3.8, 4) is 11.4 Å². The number of thiazole rings is 1. The maximum absolute atomic E-state index is 5.55. The summed E-state index contributed by atoms with van der Waals surface area (Å²) in [7, 11) is 1.71. The van der Waals surface area contributed by atoms with Crippen molar-refractivity contribution in [3.63, 3.8) is 0 Å². The van der Waals surface area contributed by atoms with Crippen LogP contribution in [0.2, 0.25) is 0 Å². The molecule has 3 rings (SSSR count). The fourth-order valence-electron chi connectivity index (χ4n) is 2.97. The van der Waals surface area contributed by atoms with Crippen molar-refractivity contribution in [2.75, 3.05) is 7.11 Å². The van der Waals surface area contributed by atoms with E-state index < -0.39 is 0 Å². The molecule has 0 aliphatic carbocycles. The van der Waals surface area contributed by atoms with Crippen LogP contribution in [-0.2, 0) is 12.8 Å². The summed E-state index contributed by atoms with van der Waals surface area (Å²) in [6.07, 6.45) is 4.15. The predicted octanol–water partition coefficient (Wildman–Crippen LogP) is 4.94. The van der Waals surface area contributed by atoms with Crippen molar-refractivity contribution in [2.45, 2.75) is 65.2 Å². The number of aromatic nitrogens is 5. The maximum atomic E-state index is 5.55. The standard InChI is InChI=1S/C21H29N5OS/c1-14(2)20-23-25-26(24-20)18-10-11-19(27-5)16(12-18)8-6-7-9-17-13-28-21(22-17)15(3)4/h10-15H,6-9H2,1-5H3. The number of hydrogen-bond acceptors (Lipinski definition) is 6. The van der Waals surface area contributed by atoms with Crippen molar-refractivity contribution in [2.24, 2.45) is 0 Å². The molecular formula is C21H29N5OS. The molecule has 0 atom stereocenters. The zero-order chi connectivity index (χ0) is 20.1. The molecule has 2 aromatic heterocycles. The SMILES string of the molecule is COc1ccc(-n2nnc(C(C)C)n2)cc1CCCCc1csc(C(C)C)n1. The third kappa shape index (κ3) is 4.95. The van der Waals surface area contributed by atoms with Gasteiger partial charge in [-0.3, -0.25) is 0 Å². The highest BCUT2D eigenvalue weighted by Gasteiger charge is 2.11. The van der Waals surface area contributed by atoms with Gasteiger partial charge in [0.15, 0.2) is 5.82 Å². The summed E-state index contributed by atoms with van der Waals surface area (Å²) < 4.78 is 5.55. The monoisotopic (exact) mass is 399 g/mol. The molecule has 0 N–H and O–H groups in total. The van der Waals surface area contributed by atoms with E-state index in [0.29, 0.717) is 5.92 Å². The average Bonchev–Trinajstić information content (AvgIpc) is 3.35. The summed E-state index contributed by atoms with van der Waals surface area (Å²) in [5.41, 5.74) is 3.29. The fraction of sp³-hybridized carbons (Fsp3) is 0.524. The first-order valence-corrected chi connectivity index (χ1v) is 10.8. The summed E-state index contributed by atoms with van der Waals surface area (Å²) >= 11 is 1.77. The second-order valence-corrected chi connectivity index (χ2v) is 8.52. The Labute approximate surface area is 171 Å². The van der Waals surface area contributed by atoms with E-state index in [0.717, 1.165) is 42.9 Å². The van der Waals surface area contributed by atoms with Gasteiger partial charge in [-0.25, -0.2) is 4.98 Å². The highest BCUT2D eigenvalue weighted by molar-refractivity contribution is 7.09. The second-order valence-electron chi connectivity index (χ2n) is 7.63. The molecule has 28 heavy (non-hydrogen) atoms. The second kappa shape index (κ2) is 9.28. The lowest BCUT2D eigenvalue weighted by molar-refractivity contribution is 0.408. The summed E-state index contributed by atoms with van der Waals surface area (Å²) in [5.74, 6) is 2.42. The Hall–Kier alpha value is -2.28. The van der Waals surface area contributed by atoms with Gasteiger partial charge in [-0.1, -0.05) is 27.7 Å². The van der Waals surface area contributed by atoms with Crippen LogP contribution >= 0.6 is 11.3 Å².